The van der Waals surface area contributed by atoms with Gasteiger partial charge in [0.2, 0.25) is 41.4 Å². The van der Waals surface area contributed by atoms with E-state index < -0.39 is 133 Å². The molecule has 71 heavy (non-hydrogen) atoms. The summed E-state index contributed by atoms with van der Waals surface area (Å²) in [5.74, 6) is -9.17. The monoisotopic (exact) mass is 985 g/mol. The predicted molar refractivity (Wildman–Crippen MR) is 255 cm³/mol. The van der Waals surface area contributed by atoms with Crippen LogP contribution in [0, 0.1) is 11.8 Å². The van der Waals surface area contributed by atoms with Gasteiger partial charge in [-0.1, -0.05) is 80.6 Å². The highest BCUT2D eigenvalue weighted by atomic mass is 16.5. The largest absolute Gasteiger partial charge is 0.481 e. The normalized spacial score (nSPS) is 26.9. The van der Waals surface area contributed by atoms with Gasteiger partial charge in [0, 0.05) is 45.8 Å². The SMILES string of the molecule is CC(C)[C@H](CC(=O)N(C)[C@H](Cc1ccccc1)C(=O)N[C@@H]1C(=O)NCC(=O)N2CC[C@@H](O)C[C@H]2C(=O)N[C@H](Cc2ccccc2)C(=O)N2CCCC[C@H]2C(=O)N2C(=CC[C@@H](O)[C@@H]2C)C(=O)O[C@@H]1C)C(=O)O. The number of aliphatic hydroxyl groups is 2. The number of esters is 1. The molecular weight excluding hydrogens is 919 g/mol. The number of carbonyl (C=O) groups excluding carboxylic acids is 8. The molecule has 3 fully saturated rings. The molecule has 20 nitrogen and oxygen atoms in total. The molecule has 3 saturated heterocycles. The lowest BCUT2D eigenvalue weighted by Crippen LogP contribution is -2.62. The average molecular weight is 986 g/mol. The Morgan fingerprint density at radius 2 is 1.51 bits per heavy atom. The van der Waals surface area contributed by atoms with E-state index in [0.717, 1.165) is 9.80 Å². The predicted octanol–water partition coefficient (Wildman–Crippen LogP) is 0.675. The Bertz CT molecular complexity index is 2330. The van der Waals surface area contributed by atoms with E-state index in [-0.39, 0.29) is 57.3 Å². The minimum Gasteiger partial charge on any atom is -0.481 e. The van der Waals surface area contributed by atoms with Crippen LogP contribution in [0.25, 0.3) is 0 Å². The Morgan fingerprint density at radius 3 is 2.15 bits per heavy atom. The molecule has 0 aromatic heterocycles. The number of nitrogens with one attached hydrogen (secondary N) is 3. The Labute approximate surface area is 413 Å². The van der Waals surface area contributed by atoms with Crippen LogP contribution in [0.2, 0.25) is 0 Å². The fraction of sp³-hybridized carbons (Fsp3) is 0.549. The van der Waals surface area contributed by atoms with Crippen LogP contribution in [0.15, 0.2) is 72.4 Å². The number of cyclic esters (lactones) is 1. The van der Waals surface area contributed by atoms with Crippen molar-refractivity contribution in [1.29, 1.82) is 0 Å². The Morgan fingerprint density at radius 1 is 0.845 bits per heavy atom. The lowest BCUT2D eigenvalue weighted by molar-refractivity contribution is -0.157. The highest BCUT2D eigenvalue weighted by Crippen LogP contribution is 2.30. The minimum atomic E-state index is -1.77. The van der Waals surface area contributed by atoms with Crippen LogP contribution in [0.5, 0.6) is 0 Å². The number of carboxylic acids is 1. The van der Waals surface area contributed by atoms with E-state index in [1.165, 1.54) is 36.8 Å². The number of nitrogens with zero attached hydrogens (tertiary/aromatic N) is 4. The first-order chi connectivity index (χ1) is 33.8. The maximum absolute atomic E-state index is 14.9. The third-order valence-electron chi connectivity index (χ3n) is 14.1. The maximum Gasteiger partial charge on any atom is 0.355 e. The van der Waals surface area contributed by atoms with Crippen LogP contribution in [0.4, 0.5) is 0 Å². The van der Waals surface area contributed by atoms with Gasteiger partial charge in [-0.05, 0) is 63.0 Å². The highest BCUT2D eigenvalue weighted by Gasteiger charge is 2.46. The first-order valence-electron chi connectivity index (χ1n) is 24.4. The quantitative estimate of drug-likeness (QED) is 0.169. The minimum absolute atomic E-state index is 0.000361. The summed E-state index contributed by atoms with van der Waals surface area (Å²) in [5, 5.41) is 39.8. The lowest BCUT2D eigenvalue weighted by atomic mass is 9.91. The summed E-state index contributed by atoms with van der Waals surface area (Å²) in [6.45, 7) is 5.46. The Kier molecular flexibility index (Phi) is 18.1. The number of amides is 7. The molecule has 0 unspecified atom stereocenters. The van der Waals surface area contributed by atoms with Crippen molar-refractivity contribution in [2.24, 2.45) is 11.8 Å². The second-order valence-corrected chi connectivity index (χ2v) is 19.3. The topological polar surface area (TPSA) is 273 Å². The number of piperidine rings is 2. The van der Waals surface area contributed by atoms with Crippen molar-refractivity contribution < 1.29 is 63.2 Å². The van der Waals surface area contributed by atoms with E-state index in [1.807, 2.05) is 0 Å². The van der Waals surface area contributed by atoms with Crippen molar-refractivity contribution in [1.82, 2.24) is 35.6 Å². The first kappa shape index (κ1) is 53.7. The molecule has 4 aliphatic rings. The van der Waals surface area contributed by atoms with E-state index in [0.29, 0.717) is 24.0 Å². The van der Waals surface area contributed by atoms with Crippen molar-refractivity contribution in [3.05, 3.63) is 83.6 Å². The van der Waals surface area contributed by atoms with E-state index in [4.69, 9.17) is 4.74 Å². The average Bonchev–Trinajstić information content (AvgIpc) is 3.35. The second-order valence-electron chi connectivity index (χ2n) is 19.3. The number of aliphatic carboxylic acids is 1. The number of carboxylic acid groups (broad SMARTS) is 1. The lowest BCUT2D eigenvalue weighted by Gasteiger charge is -2.43. The van der Waals surface area contributed by atoms with Crippen LogP contribution in [-0.2, 0) is 60.7 Å². The van der Waals surface area contributed by atoms with Crippen LogP contribution in [0.3, 0.4) is 0 Å². The van der Waals surface area contributed by atoms with Gasteiger partial charge >= 0.3 is 11.9 Å². The fourth-order valence-electron chi connectivity index (χ4n) is 9.72. The number of likely N-dealkylation sites (N-methyl/N-ethyl adjacent to an activating group) is 1. The molecule has 20 heteroatoms. The van der Waals surface area contributed by atoms with E-state index in [2.05, 4.69) is 16.0 Å². The standard InChI is InChI=1S/C51H67N7O13/c1-29(2)35(50(68)69)27-42(61)55(5)39(25-33-16-10-7-11-17-33)45(63)54-44-31(4)71-51(70)38-19-20-41(60)30(3)58(38)49(67)37-18-12-13-22-57(37)48(66)36(24-32-14-8-6-9-15-32)53-46(64)40-26-34(59)21-23-56(40)43(62)28-52-47(44)65/h6-11,14-17,19,29-31,34-37,39-41,44,59-60H,12-13,18,20-28H2,1-5H3,(H,52,65)(H,53,64)(H,54,63)(H,68,69)/t30-,31+,34+,35-,36+,37-,39+,40-,41+,44-/m0/s1. The molecule has 0 radical (unpaired) electrons. The maximum atomic E-state index is 14.9. The first-order valence-corrected chi connectivity index (χ1v) is 24.4. The van der Waals surface area contributed by atoms with Crippen molar-refractivity contribution in [2.75, 3.05) is 26.7 Å². The zero-order chi connectivity index (χ0) is 51.7. The smallest absolute Gasteiger partial charge is 0.355 e. The highest BCUT2D eigenvalue weighted by molar-refractivity contribution is 6.00. The van der Waals surface area contributed by atoms with Gasteiger partial charge in [0.25, 0.3) is 0 Å². The Hall–Kier alpha value is -6.67. The summed E-state index contributed by atoms with van der Waals surface area (Å²) >= 11 is 0. The summed E-state index contributed by atoms with van der Waals surface area (Å²) in [6.07, 6.45) is -1.83. The number of carbonyl (C=O) groups is 9. The third-order valence-corrected chi connectivity index (χ3v) is 14.1. The fourth-order valence-corrected chi connectivity index (χ4v) is 9.72. The number of ether oxygens (including phenoxy) is 1. The van der Waals surface area contributed by atoms with Crippen LogP contribution >= 0.6 is 0 Å². The molecule has 6 rings (SSSR count). The van der Waals surface area contributed by atoms with Crippen LogP contribution in [-0.4, -0.2) is 169 Å². The molecule has 0 saturated carbocycles. The number of rotatable bonds is 11. The number of hydrogen-bond donors (Lipinski definition) is 6. The summed E-state index contributed by atoms with van der Waals surface area (Å²) in [5.41, 5.74) is 1.01. The van der Waals surface area contributed by atoms with Gasteiger partial charge in [0.15, 0.2) is 0 Å². The zero-order valence-corrected chi connectivity index (χ0v) is 40.9. The molecule has 7 amide bonds. The van der Waals surface area contributed by atoms with Crippen molar-refractivity contribution in [3.8, 4) is 0 Å². The molecule has 2 aromatic carbocycles. The van der Waals surface area contributed by atoms with E-state index in [9.17, 15) is 58.5 Å². The molecule has 10 atom stereocenters. The molecule has 0 aliphatic carbocycles. The van der Waals surface area contributed by atoms with Crippen LogP contribution < -0.4 is 16.0 Å². The Balaban J connectivity index is 1.39. The molecular formula is C51H67N7O13. The number of aliphatic hydroxyl groups excluding tert-OH is 2. The number of benzene rings is 2. The molecule has 0 spiro atoms. The van der Waals surface area contributed by atoms with Gasteiger partial charge in [-0.25, -0.2) is 4.79 Å². The van der Waals surface area contributed by atoms with Gasteiger partial charge < -0.3 is 50.7 Å². The van der Waals surface area contributed by atoms with Crippen molar-refractivity contribution >= 4 is 53.3 Å². The molecule has 2 aromatic rings. The summed E-state index contributed by atoms with van der Waals surface area (Å²) in [6, 6.07) is 9.70. The molecule has 384 valence electrons. The van der Waals surface area contributed by atoms with Crippen molar-refractivity contribution in [3.63, 3.8) is 0 Å². The van der Waals surface area contributed by atoms with Gasteiger partial charge in [-0.15, -0.1) is 0 Å². The summed E-state index contributed by atoms with van der Waals surface area (Å²) in [7, 11) is 1.34. The van der Waals surface area contributed by atoms with Crippen molar-refractivity contribution in [2.45, 2.75) is 140 Å². The molecule has 6 N–H and O–H groups in total. The summed E-state index contributed by atoms with van der Waals surface area (Å²) < 4.78 is 5.93. The van der Waals surface area contributed by atoms with Gasteiger partial charge in [-0.3, -0.25) is 43.3 Å². The van der Waals surface area contributed by atoms with Gasteiger partial charge in [-0.2, -0.15) is 0 Å². The van der Waals surface area contributed by atoms with E-state index >= 15 is 0 Å². The van der Waals surface area contributed by atoms with Gasteiger partial charge in [0.05, 0.1) is 30.7 Å². The second kappa shape index (κ2) is 24.0. The third kappa shape index (κ3) is 13.0. The summed E-state index contributed by atoms with van der Waals surface area (Å²) in [4.78, 5) is 132. The molecule has 0 bridgehead atoms. The van der Waals surface area contributed by atoms with Gasteiger partial charge in [0.1, 0.15) is 42.0 Å². The molecule has 4 heterocycles. The number of fused-ring (bicyclic) bond motifs is 3. The van der Waals surface area contributed by atoms with Crippen LogP contribution in [0.1, 0.15) is 83.8 Å². The molecule has 4 aliphatic heterocycles. The number of hydrogen-bond acceptors (Lipinski definition) is 12. The van der Waals surface area contributed by atoms with E-state index in [1.54, 1.807) is 74.5 Å². The zero-order valence-electron chi connectivity index (χ0n) is 40.9.